The van der Waals surface area contributed by atoms with Crippen molar-refractivity contribution in [2.75, 3.05) is 0 Å². The van der Waals surface area contributed by atoms with E-state index in [1.165, 1.54) is 0 Å². The van der Waals surface area contributed by atoms with Crippen molar-refractivity contribution in [2.45, 2.75) is 51.4 Å². The molecule has 1 atom stereocenters. The second-order valence-corrected chi connectivity index (χ2v) is 6.96. The standard InChI is InChI=1S/C11H20O7S.Na/c1-7(2)6-11(3,4)18-10(14)8(5-9(12)13)19(15,16)17;/h7-8H,5-6H2,1-4H3,(H,12,13)(H,15,16,17);/q;+1/p-1. The summed E-state index contributed by atoms with van der Waals surface area (Å²) in [6.45, 7) is 6.92. The average Bonchev–Trinajstić information content (AvgIpc) is 2.08. The Hall–Kier alpha value is -0.150. The Kier molecular flexibility index (Phi) is 9.22. The minimum absolute atomic E-state index is 0. The van der Waals surface area contributed by atoms with Crippen molar-refractivity contribution < 1.29 is 62.0 Å². The molecule has 0 fully saturated rings. The van der Waals surface area contributed by atoms with Crippen LogP contribution in [0.15, 0.2) is 0 Å². The molecule has 0 aromatic heterocycles. The Morgan fingerprint density at radius 1 is 1.30 bits per heavy atom. The average molecular weight is 318 g/mol. The second-order valence-electron chi connectivity index (χ2n) is 5.36. The molecule has 1 unspecified atom stereocenters. The number of hydrogen-bond acceptors (Lipinski definition) is 6. The van der Waals surface area contributed by atoms with Crippen LogP contribution in [0.4, 0.5) is 0 Å². The topological polar surface area (TPSA) is 121 Å². The largest absolute Gasteiger partial charge is 1.00 e. The van der Waals surface area contributed by atoms with Gasteiger partial charge in [0.1, 0.15) is 5.60 Å². The van der Waals surface area contributed by atoms with Crippen LogP contribution in [0.2, 0.25) is 0 Å². The van der Waals surface area contributed by atoms with E-state index in [-0.39, 0.29) is 35.5 Å². The Balaban J connectivity index is 0. The molecule has 0 aromatic carbocycles. The predicted octanol–water partition coefficient (Wildman–Crippen LogP) is -3.25. The summed E-state index contributed by atoms with van der Waals surface area (Å²) >= 11 is 0. The summed E-state index contributed by atoms with van der Waals surface area (Å²) in [5, 5.41) is 8.25. The molecule has 0 aliphatic heterocycles. The van der Waals surface area contributed by atoms with E-state index < -0.39 is 39.3 Å². The maximum absolute atomic E-state index is 11.7. The first-order valence-corrected chi connectivity index (χ1v) is 7.24. The summed E-state index contributed by atoms with van der Waals surface area (Å²) < 4.78 is 35.8. The van der Waals surface area contributed by atoms with E-state index in [1.807, 2.05) is 13.8 Å². The maximum atomic E-state index is 11.7. The second kappa shape index (κ2) is 8.33. The van der Waals surface area contributed by atoms with E-state index in [4.69, 9.17) is 9.29 Å². The van der Waals surface area contributed by atoms with Gasteiger partial charge in [0.2, 0.25) is 0 Å². The van der Waals surface area contributed by atoms with Gasteiger partial charge in [0.25, 0.3) is 10.1 Å². The van der Waals surface area contributed by atoms with Gasteiger partial charge < -0.3 is 14.6 Å². The third-order valence-corrected chi connectivity index (χ3v) is 3.33. The number of rotatable bonds is 7. The molecule has 0 heterocycles. The Morgan fingerprint density at radius 3 is 2.05 bits per heavy atom. The van der Waals surface area contributed by atoms with E-state index in [1.54, 1.807) is 13.8 Å². The minimum atomic E-state index is -4.86. The number of carbonyl (C=O) groups excluding carboxylic acids is 2. The Bertz CT molecular complexity index is 442. The molecule has 7 nitrogen and oxygen atoms in total. The van der Waals surface area contributed by atoms with Crippen LogP contribution < -0.4 is 34.7 Å². The molecule has 0 radical (unpaired) electrons. The zero-order valence-corrected chi connectivity index (χ0v) is 15.2. The number of aliphatic carboxylic acids is 1. The number of carbonyl (C=O) groups is 2. The number of carboxylic acids is 1. The van der Waals surface area contributed by atoms with E-state index in [0.717, 1.165) is 0 Å². The summed E-state index contributed by atoms with van der Waals surface area (Å²) in [6.07, 6.45) is -0.683. The van der Waals surface area contributed by atoms with Crippen LogP contribution in [0.25, 0.3) is 0 Å². The Labute approximate surface area is 141 Å². The van der Waals surface area contributed by atoms with E-state index in [0.29, 0.717) is 6.42 Å². The molecule has 0 amide bonds. The summed E-state index contributed by atoms with van der Waals surface area (Å²) in [6, 6.07) is 0. The fourth-order valence-corrected chi connectivity index (χ4v) is 2.46. The van der Waals surface area contributed by atoms with Crippen molar-refractivity contribution >= 4 is 22.1 Å². The quantitative estimate of drug-likeness (QED) is 0.297. The van der Waals surface area contributed by atoms with Crippen molar-refractivity contribution in [1.82, 2.24) is 0 Å². The molecule has 0 aliphatic rings. The van der Waals surface area contributed by atoms with Gasteiger partial charge in [-0.25, -0.2) is 0 Å². The minimum Gasteiger partial charge on any atom is -0.550 e. The van der Waals surface area contributed by atoms with Crippen LogP contribution >= 0.6 is 0 Å². The van der Waals surface area contributed by atoms with Crippen LogP contribution in [-0.2, 0) is 24.4 Å². The molecule has 0 rings (SSSR count). The van der Waals surface area contributed by atoms with Crippen molar-refractivity contribution in [3.05, 3.63) is 0 Å². The molecule has 1 N–H and O–H groups in total. The number of carboxylic acid groups (broad SMARTS) is 1. The van der Waals surface area contributed by atoms with Gasteiger partial charge in [0.05, 0.1) is 0 Å². The van der Waals surface area contributed by atoms with Crippen LogP contribution in [0.3, 0.4) is 0 Å². The predicted molar refractivity (Wildman–Crippen MR) is 64.6 cm³/mol. The third-order valence-electron chi connectivity index (χ3n) is 2.25. The summed E-state index contributed by atoms with van der Waals surface area (Å²) in [4.78, 5) is 22.1. The van der Waals surface area contributed by atoms with Crippen molar-refractivity contribution in [3.8, 4) is 0 Å². The van der Waals surface area contributed by atoms with Gasteiger partial charge in [0.15, 0.2) is 5.25 Å². The van der Waals surface area contributed by atoms with Crippen molar-refractivity contribution in [3.63, 3.8) is 0 Å². The molecule has 9 heteroatoms. The maximum Gasteiger partial charge on any atom is 1.00 e. The van der Waals surface area contributed by atoms with Crippen molar-refractivity contribution in [2.24, 2.45) is 5.92 Å². The fourth-order valence-electron chi connectivity index (χ4n) is 1.82. The van der Waals surface area contributed by atoms with Crippen LogP contribution in [0.5, 0.6) is 0 Å². The molecule has 112 valence electrons. The van der Waals surface area contributed by atoms with E-state index >= 15 is 0 Å². The van der Waals surface area contributed by atoms with Gasteiger partial charge in [-0.2, -0.15) is 8.42 Å². The van der Waals surface area contributed by atoms with Gasteiger partial charge in [-0.15, -0.1) is 0 Å². The smallest absolute Gasteiger partial charge is 0.550 e. The first-order valence-electron chi connectivity index (χ1n) is 5.74. The zero-order valence-electron chi connectivity index (χ0n) is 12.4. The molecule has 0 bridgehead atoms. The van der Waals surface area contributed by atoms with Gasteiger partial charge in [-0.05, 0) is 26.2 Å². The molecule has 0 spiro atoms. The van der Waals surface area contributed by atoms with Gasteiger partial charge in [0, 0.05) is 12.4 Å². The summed E-state index contributed by atoms with van der Waals surface area (Å²) in [5.41, 5.74) is -0.958. The van der Waals surface area contributed by atoms with E-state index in [2.05, 4.69) is 0 Å². The monoisotopic (exact) mass is 318 g/mol. The van der Waals surface area contributed by atoms with E-state index in [9.17, 15) is 23.1 Å². The SMILES string of the molecule is CC(C)CC(C)(C)OC(=O)C(CC(=O)[O-])S(=O)(=O)O.[Na+]. The van der Waals surface area contributed by atoms with Gasteiger partial charge in [-0.1, -0.05) is 13.8 Å². The molecular weight excluding hydrogens is 299 g/mol. The first-order chi connectivity index (χ1) is 8.35. The van der Waals surface area contributed by atoms with Gasteiger partial charge in [-0.3, -0.25) is 9.35 Å². The molecule has 0 saturated carbocycles. The van der Waals surface area contributed by atoms with Crippen LogP contribution in [-0.4, -0.2) is 35.8 Å². The molecular formula is C11H19NaO7S. The van der Waals surface area contributed by atoms with Gasteiger partial charge >= 0.3 is 35.5 Å². The van der Waals surface area contributed by atoms with Crippen molar-refractivity contribution in [1.29, 1.82) is 0 Å². The molecule has 0 aromatic rings. The number of hydrogen-bond donors (Lipinski definition) is 1. The fraction of sp³-hybridized carbons (Fsp3) is 0.818. The van der Waals surface area contributed by atoms with Crippen LogP contribution in [0.1, 0.15) is 40.5 Å². The zero-order chi connectivity index (χ0) is 15.4. The summed E-state index contributed by atoms with van der Waals surface area (Å²) in [5.74, 6) is -2.87. The van der Waals surface area contributed by atoms with Crippen LogP contribution in [0, 0.1) is 5.92 Å². The normalized spacial score (nSPS) is 13.5. The molecule has 0 aliphatic carbocycles. The third kappa shape index (κ3) is 8.91. The first kappa shape index (κ1) is 22.1. The number of esters is 1. The molecule has 20 heavy (non-hydrogen) atoms. The number of ether oxygens (including phenoxy) is 1. The summed E-state index contributed by atoms with van der Waals surface area (Å²) in [7, 11) is -4.86. The molecule has 0 saturated heterocycles. The Morgan fingerprint density at radius 2 is 1.75 bits per heavy atom.